The molecule has 0 atom stereocenters. The van der Waals surface area contributed by atoms with Crippen LogP contribution in [-0.2, 0) is 17.8 Å². The summed E-state index contributed by atoms with van der Waals surface area (Å²) in [6.07, 6.45) is 1.34. The molecule has 4 aromatic rings. The summed E-state index contributed by atoms with van der Waals surface area (Å²) in [4.78, 5) is 15.5. The monoisotopic (exact) mass is 386 g/mol. The number of aromatic nitrogens is 4. The minimum atomic E-state index is 0.386. The Morgan fingerprint density at radius 1 is 1.03 bits per heavy atom. The molecule has 0 bridgehead atoms. The average Bonchev–Trinajstić information content (AvgIpc) is 3.38. The summed E-state index contributed by atoms with van der Waals surface area (Å²) in [6, 6.07) is 16.1. The van der Waals surface area contributed by atoms with E-state index in [0.29, 0.717) is 23.8 Å². The van der Waals surface area contributed by atoms with Gasteiger partial charge in [0.2, 0.25) is 5.82 Å². The van der Waals surface area contributed by atoms with Gasteiger partial charge in [-0.25, -0.2) is 0 Å². The number of aldehydes is 1. The number of hydrogen-bond donors (Lipinski definition) is 0. The van der Waals surface area contributed by atoms with E-state index in [0.717, 1.165) is 46.3 Å². The molecule has 6 nitrogen and oxygen atoms in total. The summed E-state index contributed by atoms with van der Waals surface area (Å²) in [7, 11) is 0. The molecule has 0 aliphatic carbocycles. The lowest BCUT2D eigenvalue weighted by Gasteiger charge is -2.08. The van der Waals surface area contributed by atoms with Crippen LogP contribution in [0.15, 0.2) is 53.1 Å². The number of carbonyl (C=O) groups excluding carboxylic acids is 1. The van der Waals surface area contributed by atoms with Crippen LogP contribution in [0, 0.1) is 13.8 Å². The van der Waals surface area contributed by atoms with Gasteiger partial charge >= 0.3 is 0 Å². The molecule has 0 radical (unpaired) electrons. The summed E-state index contributed by atoms with van der Waals surface area (Å²) in [5.41, 5.74) is 6.73. The third-order valence-electron chi connectivity index (χ3n) is 5.04. The number of nitrogens with zero attached hydrogens (tertiary/aromatic N) is 4. The first-order chi connectivity index (χ1) is 14.1. The Labute approximate surface area is 169 Å². The number of rotatable bonds is 6. The molecule has 6 heteroatoms. The predicted molar refractivity (Wildman–Crippen MR) is 111 cm³/mol. The second-order valence-corrected chi connectivity index (χ2v) is 6.98. The molecule has 0 N–H and O–H groups in total. The van der Waals surface area contributed by atoms with Crippen molar-refractivity contribution in [3.63, 3.8) is 0 Å². The van der Waals surface area contributed by atoms with Gasteiger partial charge in [0.25, 0.3) is 5.89 Å². The third kappa shape index (κ3) is 3.61. The summed E-state index contributed by atoms with van der Waals surface area (Å²) in [6.45, 7) is 6.77. The van der Waals surface area contributed by atoms with Crippen molar-refractivity contribution in [3.05, 3.63) is 65.2 Å². The number of carbonyl (C=O) groups is 1. The van der Waals surface area contributed by atoms with E-state index in [1.54, 1.807) is 0 Å². The maximum Gasteiger partial charge on any atom is 0.278 e. The number of benzene rings is 2. The number of hydrogen-bond acceptors (Lipinski definition) is 5. The van der Waals surface area contributed by atoms with Crippen molar-refractivity contribution in [1.29, 1.82) is 0 Å². The zero-order valence-corrected chi connectivity index (χ0v) is 16.7. The Balaban J connectivity index is 1.70. The summed E-state index contributed by atoms with van der Waals surface area (Å²) in [5.74, 6) is 0.896. The fourth-order valence-electron chi connectivity index (χ4n) is 3.58. The molecule has 29 heavy (non-hydrogen) atoms. The maximum atomic E-state index is 10.9. The van der Waals surface area contributed by atoms with Gasteiger partial charge in [-0.2, -0.15) is 10.1 Å². The molecule has 2 aromatic carbocycles. The van der Waals surface area contributed by atoms with E-state index in [1.165, 1.54) is 0 Å². The predicted octanol–water partition coefficient (Wildman–Crippen LogP) is 4.65. The minimum Gasteiger partial charge on any atom is -0.332 e. The third-order valence-corrected chi connectivity index (χ3v) is 5.04. The fraction of sp³-hybridized carbons (Fsp3) is 0.217. The SMILES string of the molecule is CCn1nc(-c2nc(-c3cc(C)c(CC=O)c(C)c3)no2)cc1-c1ccccc1. The largest absolute Gasteiger partial charge is 0.332 e. The van der Waals surface area contributed by atoms with Crippen LogP contribution < -0.4 is 0 Å². The van der Waals surface area contributed by atoms with E-state index < -0.39 is 0 Å². The fourth-order valence-corrected chi connectivity index (χ4v) is 3.58. The molecule has 0 saturated carbocycles. The van der Waals surface area contributed by atoms with Crippen molar-refractivity contribution in [2.24, 2.45) is 0 Å². The van der Waals surface area contributed by atoms with Crippen molar-refractivity contribution in [1.82, 2.24) is 19.9 Å². The molecule has 0 aliphatic rings. The Morgan fingerprint density at radius 3 is 2.41 bits per heavy atom. The minimum absolute atomic E-state index is 0.386. The zero-order chi connectivity index (χ0) is 20.4. The van der Waals surface area contributed by atoms with Crippen LogP contribution in [0.5, 0.6) is 0 Å². The Bertz CT molecular complexity index is 1140. The van der Waals surface area contributed by atoms with Gasteiger partial charge in [-0.05, 0) is 61.2 Å². The van der Waals surface area contributed by atoms with Gasteiger partial charge in [0.15, 0.2) is 5.69 Å². The standard InChI is InChI=1S/C23H22N4O2/c1-4-27-21(17-8-6-5-7-9-17)14-20(25-27)23-24-22(26-29-23)18-12-15(2)19(10-11-28)16(3)13-18/h5-9,11-14H,4,10H2,1-3H3. The number of aryl methyl sites for hydroxylation is 3. The lowest BCUT2D eigenvalue weighted by Crippen LogP contribution is -1.99. The highest BCUT2D eigenvalue weighted by Gasteiger charge is 2.17. The quantitative estimate of drug-likeness (QED) is 0.451. The highest BCUT2D eigenvalue weighted by Crippen LogP contribution is 2.28. The van der Waals surface area contributed by atoms with E-state index in [4.69, 9.17) is 4.52 Å². The molecule has 4 rings (SSSR count). The smallest absolute Gasteiger partial charge is 0.278 e. The molecule has 0 aliphatic heterocycles. The van der Waals surface area contributed by atoms with E-state index in [2.05, 4.69) is 34.3 Å². The summed E-state index contributed by atoms with van der Waals surface area (Å²) >= 11 is 0. The van der Waals surface area contributed by atoms with Gasteiger partial charge in [-0.15, -0.1) is 0 Å². The van der Waals surface area contributed by atoms with Crippen LogP contribution in [-0.4, -0.2) is 26.2 Å². The van der Waals surface area contributed by atoms with Crippen molar-refractivity contribution in [2.45, 2.75) is 33.7 Å². The van der Waals surface area contributed by atoms with E-state index in [9.17, 15) is 4.79 Å². The zero-order valence-electron chi connectivity index (χ0n) is 16.7. The van der Waals surface area contributed by atoms with E-state index in [1.807, 2.05) is 54.9 Å². The second-order valence-electron chi connectivity index (χ2n) is 6.98. The molecule has 0 unspecified atom stereocenters. The van der Waals surface area contributed by atoms with E-state index in [-0.39, 0.29) is 0 Å². The average molecular weight is 386 g/mol. The summed E-state index contributed by atoms with van der Waals surface area (Å²) < 4.78 is 7.45. The second kappa shape index (κ2) is 7.83. The molecule has 146 valence electrons. The molecule has 2 heterocycles. The van der Waals surface area contributed by atoms with Gasteiger partial charge in [0.05, 0.1) is 5.69 Å². The molecule has 0 saturated heterocycles. The molecular weight excluding hydrogens is 364 g/mol. The Morgan fingerprint density at radius 2 is 1.76 bits per heavy atom. The van der Waals surface area contributed by atoms with Crippen LogP contribution in [0.3, 0.4) is 0 Å². The van der Waals surface area contributed by atoms with Crippen molar-refractivity contribution in [3.8, 4) is 34.2 Å². The first kappa shape index (κ1) is 18.8. The van der Waals surface area contributed by atoms with Gasteiger partial charge in [-0.3, -0.25) is 4.68 Å². The lowest BCUT2D eigenvalue weighted by molar-refractivity contribution is -0.107. The molecular formula is C23H22N4O2. The highest BCUT2D eigenvalue weighted by molar-refractivity contribution is 5.67. The van der Waals surface area contributed by atoms with Gasteiger partial charge < -0.3 is 9.32 Å². The van der Waals surface area contributed by atoms with Crippen LogP contribution in [0.2, 0.25) is 0 Å². The topological polar surface area (TPSA) is 73.8 Å². The Kier molecular flexibility index (Phi) is 5.08. The molecule has 2 aromatic heterocycles. The van der Waals surface area contributed by atoms with Crippen LogP contribution in [0.25, 0.3) is 34.2 Å². The molecule has 0 spiro atoms. The lowest BCUT2D eigenvalue weighted by atomic mass is 9.97. The van der Waals surface area contributed by atoms with Crippen LogP contribution in [0.4, 0.5) is 0 Å². The summed E-state index contributed by atoms with van der Waals surface area (Å²) in [5, 5.41) is 8.79. The van der Waals surface area contributed by atoms with Crippen molar-refractivity contribution < 1.29 is 9.32 Å². The van der Waals surface area contributed by atoms with Gasteiger partial charge in [0.1, 0.15) is 6.29 Å². The molecule has 0 amide bonds. The van der Waals surface area contributed by atoms with Crippen molar-refractivity contribution >= 4 is 6.29 Å². The first-order valence-corrected chi connectivity index (χ1v) is 9.62. The van der Waals surface area contributed by atoms with Crippen LogP contribution in [0.1, 0.15) is 23.6 Å². The maximum absolute atomic E-state index is 10.9. The molecule has 0 fully saturated rings. The Hall–Kier alpha value is -3.54. The van der Waals surface area contributed by atoms with Gasteiger partial charge in [0, 0.05) is 18.5 Å². The highest BCUT2D eigenvalue weighted by atomic mass is 16.5. The van der Waals surface area contributed by atoms with Crippen molar-refractivity contribution in [2.75, 3.05) is 0 Å². The van der Waals surface area contributed by atoms with Crippen LogP contribution >= 0.6 is 0 Å². The first-order valence-electron chi connectivity index (χ1n) is 9.62. The van der Waals surface area contributed by atoms with E-state index >= 15 is 0 Å². The van der Waals surface area contributed by atoms with Gasteiger partial charge in [-0.1, -0.05) is 35.5 Å². The normalized spacial score (nSPS) is 11.0.